The number of halogens is 3. The minimum absolute atomic E-state index is 1.03. The molecule has 58 valence electrons. The van der Waals surface area contributed by atoms with Gasteiger partial charge in [-0.2, -0.15) is 13.2 Å². The minimum Gasteiger partial charge on any atom is -0.328 e. The van der Waals surface area contributed by atoms with Crippen molar-refractivity contribution in [1.82, 2.24) is 10.9 Å². The Labute approximate surface area is 56.1 Å². The molecule has 1 aliphatic rings. The Morgan fingerprint density at radius 2 is 2.00 bits per heavy atom. The molecule has 2 N–H and O–H groups in total. The van der Waals surface area contributed by atoms with Gasteiger partial charge in [-0.1, -0.05) is 0 Å². The lowest BCUT2D eigenvalue weighted by Crippen LogP contribution is -2.53. The third-order valence-corrected chi connectivity index (χ3v) is 1.42. The summed E-state index contributed by atoms with van der Waals surface area (Å²) in [6, 6.07) is 0. The van der Waals surface area contributed by atoms with Crippen LogP contribution >= 0.6 is 0 Å². The molecule has 0 aromatic rings. The fraction of sp³-hybridized carbons (Fsp3) is 0.600. The zero-order valence-corrected chi connectivity index (χ0v) is 5.29. The summed E-state index contributed by atoms with van der Waals surface area (Å²) < 4.78 is 36.0. The van der Waals surface area contributed by atoms with Crippen LogP contribution in [0.3, 0.4) is 0 Å². The first-order chi connectivity index (χ1) is 4.46. The maximum atomic E-state index is 12.0. The monoisotopic (exact) mass is 152 g/mol. The van der Waals surface area contributed by atoms with Gasteiger partial charge in [0.2, 0.25) is 0 Å². The van der Waals surface area contributed by atoms with E-state index < -0.39 is 11.7 Å². The van der Waals surface area contributed by atoms with E-state index in [4.69, 9.17) is 0 Å². The number of hydrogen-bond acceptors (Lipinski definition) is 2. The zero-order chi connectivity index (χ0) is 7.83. The fourth-order valence-electron chi connectivity index (χ4n) is 0.607. The highest BCUT2D eigenvalue weighted by Crippen LogP contribution is 2.31. The van der Waals surface area contributed by atoms with Crippen LogP contribution in [-0.2, 0) is 0 Å². The molecule has 1 atom stereocenters. The molecule has 0 fully saturated rings. The van der Waals surface area contributed by atoms with Crippen molar-refractivity contribution in [3.8, 4) is 0 Å². The summed E-state index contributed by atoms with van der Waals surface area (Å²) in [5.41, 5.74) is 2.45. The maximum Gasteiger partial charge on any atom is 0.411 e. The average Bonchev–Trinajstić information content (AvgIpc) is 2.13. The van der Waals surface area contributed by atoms with Gasteiger partial charge in [0.15, 0.2) is 0 Å². The van der Waals surface area contributed by atoms with Gasteiger partial charge in [-0.15, -0.1) is 0 Å². The highest BCUT2D eigenvalue weighted by atomic mass is 19.4. The Balaban J connectivity index is 2.78. The van der Waals surface area contributed by atoms with Crippen molar-refractivity contribution < 1.29 is 13.2 Å². The second kappa shape index (κ2) is 1.88. The van der Waals surface area contributed by atoms with Crippen LogP contribution in [0, 0.1) is 0 Å². The van der Waals surface area contributed by atoms with E-state index in [2.05, 4.69) is 10.9 Å². The topological polar surface area (TPSA) is 24.1 Å². The molecule has 0 saturated heterocycles. The molecule has 0 aromatic heterocycles. The van der Waals surface area contributed by atoms with Crippen molar-refractivity contribution in [3.05, 3.63) is 12.3 Å². The van der Waals surface area contributed by atoms with Gasteiger partial charge in [0.05, 0.1) is 0 Å². The van der Waals surface area contributed by atoms with Crippen molar-refractivity contribution >= 4 is 0 Å². The second-order valence-electron chi connectivity index (χ2n) is 2.30. The van der Waals surface area contributed by atoms with Crippen molar-refractivity contribution in [2.24, 2.45) is 0 Å². The number of alkyl halides is 3. The molecule has 0 amide bonds. The highest BCUT2D eigenvalue weighted by molar-refractivity contribution is 5.11. The van der Waals surface area contributed by atoms with Gasteiger partial charge in [0, 0.05) is 6.20 Å². The molecular weight excluding hydrogens is 145 g/mol. The second-order valence-corrected chi connectivity index (χ2v) is 2.30. The molecule has 0 radical (unpaired) electrons. The smallest absolute Gasteiger partial charge is 0.328 e. The van der Waals surface area contributed by atoms with Gasteiger partial charge in [-0.05, 0) is 13.0 Å². The van der Waals surface area contributed by atoms with E-state index >= 15 is 0 Å². The Morgan fingerprint density at radius 1 is 1.40 bits per heavy atom. The van der Waals surface area contributed by atoms with Gasteiger partial charge in [-0.3, -0.25) is 0 Å². The van der Waals surface area contributed by atoms with Crippen molar-refractivity contribution in [2.75, 3.05) is 0 Å². The van der Waals surface area contributed by atoms with Crippen molar-refractivity contribution in [3.63, 3.8) is 0 Å². The van der Waals surface area contributed by atoms with Crippen LogP contribution in [-0.4, -0.2) is 11.7 Å². The summed E-state index contributed by atoms with van der Waals surface area (Å²) in [5, 5.41) is 0. The van der Waals surface area contributed by atoms with Gasteiger partial charge in [0.1, 0.15) is 5.54 Å². The normalized spacial score (nSPS) is 32.4. The molecule has 1 aliphatic heterocycles. The van der Waals surface area contributed by atoms with E-state index in [0.29, 0.717) is 0 Å². The van der Waals surface area contributed by atoms with Crippen LogP contribution in [0.25, 0.3) is 0 Å². The molecule has 1 heterocycles. The van der Waals surface area contributed by atoms with Crippen LogP contribution in [0.1, 0.15) is 6.92 Å². The molecule has 10 heavy (non-hydrogen) atoms. The van der Waals surface area contributed by atoms with E-state index in [1.165, 1.54) is 6.20 Å². The van der Waals surface area contributed by atoms with Crippen LogP contribution in [0.5, 0.6) is 0 Å². The van der Waals surface area contributed by atoms with E-state index in [9.17, 15) is 13.2 Å². The first-order valence-corrected chi connectivity index (χ1v) is 2.73. The number of nitrogens with one attached hydrogen (secondary N) is 2. The first-order valence-electron chi connectivity index (χ1n) is 2.73. The van der Waals surface area contributed by atoms with Gasteiger partial charge >= 0.3 is 6.18 Å². The summed E-state index contributed by atoms with van der Waals surface area (Å²) in [6.07, 6.45) is -1.98. The zero-order valence-electron chi connectivity index (χ0n) is 5.29. The molecule has 0 bridgehead atoms. The van der Waals surface area contributed by atoms with Crippen LogP contribution in [0.4, 0.5) is 13.2 Å². The molecule has 0 saturated carbocycles. The Bertz CT molecular complexity index is 163. The molecule has 0 aliphatic carbocycles. The lowest BCUT2D eigenvalue weighted by Gasteiger charge is -2.24. The van der Waals surface area contributed by atoms with Crippen molar-refractivity contribution in [2.45, 2.75) is 18.6 Å². The standard InChI is InChI=1S/C5H7F3N2/c1-4(5(6,7)8)2-3-9-10-4/h2-3,9-10H,1H3. The molecule has 5 heteroatoms. The molecule has 0 aromatic carbocycles. The summed E-state index contributed by atoms with van der Waals surface area (Å²) in [5.74, 6) is 0. The highest BCUT2D eigenvalue weighted by Gasteiger charge is 2.50. The van der Waals surface area contributed by atoms with Crippen LogP contribution in [0.2, 0.25) is 0 Å². The summed E-state index contributed by atoms with van der Waals surface area (Å²) >= 11 is 0. The average molecular weight is 152 g/mol. The quantitative estimate of drug-likeness (QED) is 0.539. The van der Waals surface area contributed by atoms with Gasteiger partial charge in [0.25, 0.3) is 0 Å². The fourth-order valence-corrected chi connectivity index (χ4v) is 0.607. The first kappa shape index (κ1) is 7.40. The van der Waals surface area contributed by atoms with Gasteiger partial charge < -0.3 is 5.43 Å². The van der Waals surface area contributed by atoms with E-state index in [1.807, 2.05) is 0 Å². The summed E-state index contributed by atoms with van der Waals surface area (Å²) in [4.78, 5) is 0. The Hall–Kier alpha value is -0.710. The largest absolute Gasteiger partial charge is 0.411 e. The predicted molar refractivity (Wildman–Crippen MR) is 29.9 cm³/mol. The third-order valence-electron chi connectivity index (χ3n) is 1.42. The lowest BCUT2D eigenvalue weighted by atomic mass is 10.0. The van der Waals surface area contributed by atoms with Gasteiger partial charge in [-0.25, -0.2) is 5.43 Å². The van der Waals surface area contributed by atoms with Crippen LogP contribution < -0.4 is 10.9 Å². The SMILES string of the molecule is CC1(C(F)(F)F)C=CNN1. The summed E-state index contributed by atoms with van der Waals surface area (Å²) in [7, 11) is 0. The number of hydrazine groups is 1. The molecule has 1 rings (SSSR count). The van der Waals surface area contributed by atoms with Crippen molar-refractivity contribution in [1.29, 1.82) is 0 Å². The Kier molecular flexibility index (Phi) is 1.39. The predicted octanol–water partition coefficient (Wildman–Crippen LogP) is 0.929. The number of rotatable bonds is 0. The molecule has 1 unspecified atom stereocenters. The van der Waals surface area contributed by atoms with E-state index in [0.717, 1.165) is 13.0 Å². The minimum atomic E-state index is -4.24. The molecule has 0 spiro atoms. The maximum absolute atomic E-state index is 12.0. The van der Waals surface area contributed by atoms with E-state index in [1.54, 1.807) is 0 Å². The third kappa shape index (κ3) is 0.965. The molecule has 2 nitrogen and oxygen atoms in total. The summed E-state index contributed by atoms with van der Waals surface area (Å²) in [6.45, 7) is 1.06. The van der Waals surface area contributed by atoms with E-state index in [-0.39, 0.29) is 0 Å². The van der Waals surface area contributed by atoms with Crippen LogP contribution in [0.15, 0.2) is 12.3 Å². The molecular formula is C5H7F3N2. The lowest BCUT2D eigenvalue weighted by molar-refractivity contribution is -0.175. The Morgan fingerprint density at radius 3 is 2.20 bits per heavy atom. The number of hydrogen-bond donors (Lipinski definition) is 2.